The van der Waals surface area contributed by atoms with Crippen molar-refractivity contribution < 1.29 is 24.6 Å². The average molecular weight is 276 g/mol. The van der Waals surface area contributed by atoms with Gasteiger partial charge in [-0.2, -0.15) is 0 Å². The van der Waals surface area contributed by atoms with Gasteiger partial charge >= 0.3 is 11.9 Å². The Labute approximate surface area is 108 Å². The summed E-state index contributed by atoms with van der Waals surface area (Å²) in [6.45, 7) is 3.42. The third-order valence-corrected chi connectivity index (χ3v) is 2.76. The maximum absolute atomic E-state index is 11.5. The van der Waals surface area contributed by atoms with E-state index in [9.17, 15) is 14.4 Å². The fourth-order valence-electron chi connectivity index (χ4n) is 1.03. The second-order valence-electron chi connectivity index (χ2n) is 3.44. The molecule has 1 amide bonds. The first-order chi connectivity index (χ1) is 8.38. The number of thioether (sulfide) groups is 1. The lowest BCUT2D eigenvalue weighted by Gasteiger charge is -2.16. The Morgan fingerprint density at radius 2 is 2.00 bits per heavy atom. The maximum atomic E-state index is 11.5. The maximum Gasteiger partial charge on any atom is 0.327 e. The number of hydrogen-bond donors (Lipinski definition) is 4. The molecule has 0 aliphatic rings. The minimum absolute atomic E-state index is 0.0396. The van der Waals surface area contributed by atoms with Crippen molar-refractivity contribution in [3.63, 3.8) is 0 Å². The van der Waals surface area contributed by atoms with E-state index in [0.717, 1.165) is 11.8 Å². The quantitative estimate of drug-likeness (QED) is 0.452. The van der Waals surface area contributed by atoms with Gasteiger partial charge in [-0.3, -0.25) is 9.59 Å². The number of nitrogens with two attached hydrogens (primary N) is 1. The van der Waals surface area contributed by atoms with Crippen molar-refractivity contribution >= 4 is 29.6 Å². The summed E-state index contributed by atoms with van der Waals surface area (Å²) < 4.78 is 0. The number of carboxylic acid groups (broad SMARTS) is 2. The van der Waals surface area contributed by atoms with Gasteiger partial charge in [-0.15, -0.1) is 11.8 Å². The molecule has 0 aliphatic heterocycles. The molecule has 18 heavy (non-hydrogen) atoms. The molecule has 2 atom stereocenters. The third-order valence-electron chi connectivity index (χ3n) is 2.00. The van der Waals surface area contributed by atoms with Gasteiger partial charge < -0.3 is 21.3 Å². The Hall–Kier alpha value is -1.54. The van der Waals surface area contributed by atoms with Crippen LogP contribution in [0.15, 0.2) is 12.0 Å². The molecule has 5 N–H and O–H groups in total. The normalized spacial score (nSPS) is 13.4. The van der Waals surface area contributed by atoms with Crippen molar-refractivity contribution in [2.24, 2.45) is 5.73 Å². The van der Waals surface area contributed by atoms with Gasteiger partial charge in [0.2, 0.25) is 5.91 Å². The molecule has 0 bridgehead atoms. The van der Waals surface area contributed by atoms with Crippen LogP contribution in [-0.4, -0.2) is 45.9 Å². The van der Waals surface area contributed by atoms with Gasteiger partial charge in [-0.25, -0.2) is 4.79 Å². The summed E-state index contributed by atoms with van der Waals surface area (Å²) in [5.74, 6) is -2.78. The van der Waals surface area contributed by atoms with Crippen LogP contribution in [0.2, 0.25) is 0 Å². The van der Waals surface area contributed by atoms with E-state index in [0.29, 0.717) is 0 Å². The van der Waals surface area contributed by atoms with E-state index < -0.39 is 29.9 Å². The predicted octanol–water partition coefficient (Wildman–Crippen LogP) is -0.375. The Balaban J connectivity index is 4.26. The molecule has 0 radical (unpaired) electrons. The molecule has 0 saturated carbocycles. The Morgan fingerprint density at radius 1 is 1.39 bits per heavy atom. The molecule has 0 aromatic heterocycles. The van der Waals surface area contributed by atoms with Gasteiger partial charge in [0.05, 0.1) is 6.04 Å². The zero-order valence-corrected chi connectivity index (χ0v) is 10.5. The van der Waals surface area contributed by atoms with Crippen molar-refractivity contribution in [1.82, 2.24) is 5.32 Å². The smallest absolute Gasteiger partial charge is 0.327 e. The summed E-state index contributed by atoms with van der Waals surface area (Å²) in [6, 6.07) is -2.10. The molecule has 0 fully saturated rings. The van der Waals surface area contributed by atoms with Gasteiger partial charge in [-0.1, -0.05) is 6.58 Å². The van der Waals surface area contributed by atoms with E-state index in [4.69, 9.17) is 15.9 Å². The highest BCUT2D eigenvalue weighted by Gasteiger charge is 2.23. The molecule has 0 saturated heterocycles. The molecule has 0 aliphatic carbocycles. The van der Waals surface area contributed by atoms with Crippen molar-refractivity contribution in [2.45, 2.75) is 24.9 Å². The molecular weight excluding hydrogens is 260 g/mol. The largest absolute Gasteiger partial charge is 0.481 e. The Bertz CT molecular complexity index is 334. The number of nitrogens with one attached hydrogen (secondary N) is 1. The van der Waals surface area contributed by atoms with Crippen LogP contribution < -0.4 is 11.1 Å². The number of amides is 1. The number of hydrogen-bond acceptors (Lipinski definition) is 5. The molecule has 0 unspecified atom stereocenters. The van der Waals surface area contributed by atoms with Crippen molar-refractivity contribution in [3.8, 4) is 0 Å². The van der Waals surface area contributed by atoms with Crippen LogP contribution in [-0.2, 0) is 14.4 Å². The second-order valence-corrected chi connectivity index (χ2v) is 4.44. The lowest BCUT2D eigenvalue weighted by atomic mass is 10.1. The molecule has 102 valence electrons. The minimum atomic E-state index is -1.18. The molecule has 0 spiro atoms. The van der Waals surface area contributed by atoms with Crippen molar-refractivity contribution in [2.75, 3.05) is 5.75 Å². The highest BCUT2D eigenvalue weighted by atomic mass is 32.2. The average Bonchev–Trinajstić information content (AvgIpc) is 2.30. The standard InChI is InChI=1S/C10H16N2O5S/c1-2-18-5-7(10(16)17)12-9(15)6(11)3-4-8(13)14/h2,6-7H,1,3-5,11H2,(H,12,15)(H,13,14)(H,16,17)/t6-,7-/m0/s1. The lowest BCUT2D eigenvalue weighted by molar-refractivity contribution is -0.141. The number of carbonyl (C=O) groups is 3. The van der Waals surface area contributed by atoms with Crippen molar-refractivity contribution in [1.29, 1.82) is 0 Å². The minimum Gasteiger partial charge on any atom is -0.481 e. The third kappa shape index (κ3) is 6.92. The van der Waals surface area contributed by atoms with E-state index in [-0.39, 0.29) is 18.6 Å². The number of aliphatic carboxylic acids is 2. The lowest BCUT2D eigenvalue weighted by Crippen LogP contribution is -2.49. The van der Waals surface area contributed by atoms with Gasteiger partial charge in [0.1, 0.15) is 6.04 Å². The summed E-state index contributed by atoms with van der Waals surface area (Å²) in [5.41, 5.74) is 5.45. The molecule has 0 aromatic carbocycles. The Morgan fingerprint density at radius 3 is 2.44 bits per heavy atom. The van der Waals surface area contributed by atoms with Crippen LogP contribution in [0.25, 0.3) is 0 Å². The fraction of sp³-hybridized carbons (Fsp3) is 0.500. The first kappa shape index (κ1) is 16.5. The zero-order valence-electron chi connectivity index (χ0n) is 9.67. The molecule has 0 heterocycles. The first-order valence-electron chi connectivity index (χ1n) is 5.11. The van der Waals surface area contributed by atoms with E-state index in [1.54, 1.807) is 0 Å². The fourth-order valence-corrected chi connectivity index (χ4v) is 1.58. The van der Waals surface area contributed by atoms with Crippen LogP contribution in [0.1, 0.15) is 12.8 Å². The van der Waals surface area contributed by atoms with Crippen LogP contribution in [0, 0.1) is 0 Å². The van der Waals surface area contributed by atoms with Gasteiger partial charge in [0.15, 0.2) is 0 Å². The molecule has 0 rings (SSSR count). The molecule has 0 aromatic rings. The van der Waals surface area contributed by atoms with E-state index in [1.807, 2.05) is 0 Å². The van der Waals surface area contributed by atoms with Gasteiger partial charge in [-0.05, 0) is 11.8 Å². The summed E-state index contributed by atoms with van der Waals surface area (Å²) in [7, 11) is 0. The second kappa shape index (κ2) is 8.54. The molecule has 7 nitrogen and oxygen atoms in total. The number of carboxylic acids is 2. The highest BCUT2D eigenvalue weighted by Crippen LogP contribution is 2.04. The van der Waals surface area contributed by atoms with Crippen LogP contribution in [0.5, 0.6) is 0 Å². The zero-order chi connectivity index (χ0) is 14.1. The Kier molecular flexibility index (Phi) is 7.81. The predicted molar refractivity (Wildman–Crippen MR) is 67.1 cm³/mol. The van der Waals surface area contributed by atoms with Crippen LogP contribution in [0.3, 0.4) is 0 Å². The van der Waals surface area contributed by atoms with Crippen LogP contribution in [0.4, 0.5) is 0 Å². The summed E-state index contributed by atoms with van der Waals surface area (Å²) in [6.07, 6.45) is -0.282. The van der Waals surface area contributed by atoms with Crippen molar-refractivity contribution in [3.05, 3.63) is 12.0 Å². The molecule has 8 heteroatoms. The first-order valence-corrected chi connectivity index (χ1v) is 6.16. The topological polar surface area (TPSA) is 130 Å². The molecular formula is C10H16N2O5S. The van der Waals surface area contributed by atoms with Gasteiger partial charge in [0.25, 0.3) is 0 Å². The van der Waals surface area contributed by atoms with Gasteiger partial charge in [0, 0.05) is 12.2 Å². The summed E-state index contributed by atoms with van der Waals surface area (Å²) >= 11 is 1.15. The number of rotatable bonds is 9. The van der Waals surface area contributed by atoms with E-state index in [2.05, 4.69) is 11.9 Å². The summed E-state index contributed by atoms with van der Waals surface area (Å²) in [4.78, 5) is 32.6. The van der Waals surface area contributed by atoms with E-state index in [1.165, 1.54) is 5.41 Å². The monoisotopic (exact) mass is 276 g/mol. The SMILES string of the molecule is C=CSC[C@H](NC(=O)[C@@H](N)CCC(=O)O)C(=O)O. The highest BCUT2D eigenvalue weighted by molar-refractivity contribution is 8.02. The number of carbonyl (C=O) groups excluding carboxylic acids is 1. The van der Waals surface area contributed by atoms with Crippen LogP contribution >= 0.6 is 11.8 Å². The summed E-state index contributed by atoms with van der Waals surface area (Å²) in [5, 5.41) is 21.0. The van der Waals surface area contributed by atoms with E-state index >= 15 is 0 Å².